The normalized spacial score (nSPS) is 17.2. The molecule has 5 nitrogen and oxygen atoms in total. The van der Waals surface area contributed by atoms with Crippen molar-refractivity contribution in [1.82, 2.24) is 4.90 Å². The van der Waals surface area contributed by atoms with Gasteiger partial charge in [0.2, 0.25) is 0 Å². The molecule has 1 saturated heterocycles. The molecule has 0 atom stereocenters. The molecule has 0 bridgehead atoms. The molecule has 0 aromatic heterocycles. The van der Waals surface area contributed by atoms with Crippen LogP contribution in [0, 0.1) is 0 Å². The third kappa shape index (κ3) is 4.71. The molecule has 1 aromatic rings. The molecule has 0 N–H and O–H groups in total. The molecule has 0 saturated carbocycles. The highest BCUT2D eigenvalue weighted by atomic mass is 79.9. The number of nitrogens with zero attached hydrogens (tertiary/aromatic N) is 2. The van der Waals surface area contributed by atoms with E-state index in [1.54, 1.807) is 11.0 Å². The zero-order valence-electron chi connectivity index (χ0n) is 15.3. The van der Waals surface area contributed by atoms with Crippen molar-refractivity contribution in [2.45, 2.75) is 20.8 Å². The summed E-state index contributed by atoms with van der Waals surface area (Å²) < 4.78 is 12.2. The van der Waals surface area contributed by atoms with E-state index in [2.05, 4.69) is 27.5 Å². The smallest absolute Gasteiger partial charge is 0.266 e. The van der Waals surface area contributed by atoms with Crippen LogP contribution in [0.25, 0.3) is 6.08 Å². The number of benzene rings is 1. The van der Waals surface area contributed by atoms with Gasteiger partial charge in [-0.05, 0) is 72.2 Å². The SMILES string of the molecule is C=CCOc1c(Br)cc(/C=C2\SC(=NCC)N(CC)C2=O)cc1OCC. The van der Waals surface area contributed by atoms with Crippen LogP contribution in [-0.2, 0) is 4.79 Å². The Kier molecular flexibility index (Phi) is 7.78. The van der Waals surface area contributed by atoms with Crippen LogP contribution < -0.4 is 9.47 Å². The predicted octanol–water partition coefficient (Wildman–Crippen LogP) is 4.72. The number of likely N-dealkylation sites (N-methyl/N-ethyl adjacent to an activating group) is 1. The van der Waals surface area contributed by atoms with Gasteiger partial charge in [0, 0.05) is 13.1 Å². The molecular formula is C19H23BrN2O3S. The quantitative estimate of drug-likeness (QED) is 0.434. The molecule has 1 fully saturated rings. The number of carbonyl (C=O) groups is 1. The second-order valence-electron chi connectivity index (χ2n) is 5.28. The van der Waals surface area contributed by atoms with E-state index in [9.17, 15) is 4.79 Å². The predicted molar refractivity (Wildman–Crippen MR) is 112 cm³/mol. The van der Waals surface area contributed by atoms with Crippen LogP contribution in [0.1, 0.15) is 26.3 Å². The number of ether oxygens (including phenoxy) is 2. The fraction of sp³-hybridized carbons (Fsp3) is 0.368. The van der Waals surface area contributed by atoms with Gasteiger partial charge in [0.05, 0.1) is 16.0 Å². The van der Waals surface area contributed by atoms with Crippen molar-refractivity contribution < 1.29 is 14.3 Å². The maximum atomic E-state index is 12.6. The Bertz CT molecular complexity index is 747. The summed E-state index contributed by atoms with van der Waals surface area (Å²) in [6, 6.07) is 3.78. The Balaban J connectivity index is 2.39. The van der Waals surface area contributed by atoms with Crippen LogP contribution in [-0.4, -0.2) is 42.3 Å². The van der Waals surface area contributed by atoms with Crippen LogP contribution >= 0.6 is 27.7 Å². The third-order valence-corrected chi connectivity index (χ3v) is 5.11. The Morgan fingerprint density at radius 1 is 1.31 bits per heavy atom. The van der Waals surface area contributed by atoms with Crippen molar-refractivity contribution >= 4 is 44.8 Å². The minimum absolute atomic E-state index is 0.0224. The highest BCUT2D eigenvalue weighted by Crippen LogP contribution is 2.39. The minimum Gasteiger partial charge on any atom is -0.490 e. The Morgan fingerprint density at radius 3 is 2.69 bits per heavy atom. The Morgan fingerprint density at radius 2 is 2.08 bits per heavy atom. The highest BCUT2D eigenvalue weighted by Gasteiger charge is 2.31. The largest absolute Gasteiger partial charge is 0.490 e. The average molecular weight is 439 g/mol. The van der Waals surface area contributed by atoms with Crippen LogP contribution in [0.3, 0.4) is 0 Å². The molecule has 1 aromatic carbocycles. The second-order valence-corrected chi connectivity index (χ2v) is 7.14. The number of amidine groups is 1. The van der Waals surface area contributed by atoms with Gasteiger partial charge in [-0.15, -0.1) is 0 Å². The lowest BCUT2D eigenvalue weighted by atomic mass is 10.2. The van der Waals surface area contributed by atoms with E-state index >= 15 is 0 Å². The first-order valence-electron chi connectivity index (χ1n) is 8.51. The van der Waals surface area contributed by atoms with E-state index in [0.29, 0.717) is 42.7 Å². The number of rotatable bonds is 8. The average Bonchev–Trinajstić information content (AvgIpc) is 2.89. The molecule has 2 rings (SSSR count). The summed E-state index contributed by atoms with van der Waals surface area (Å²) in [5.74, 6) is 1.23. The molecule has 0 spiro atoms. The van der Waals surface area contributed by atoms with Crippen molar-refractivity contribution in [3.8, 4) is 11.5 Å². The van der Waals surface area contributed by atoms with E-state index in [0.717, 1.165) is 15.2 Å². The summed E-state index contributed by atoms with van der Waals surface area (Å²) >= 11 is 4.93. The van der Waals surface area contributed by atoms with Crippen LogP contribution in [0.5, 0.6) is 11.5 Å². The van der Waals surface area contributed by atoms with E-state index in [1.807, 2.05) is 39.0 Å². The van der Waals surface area contributed by atoms with Gasteiger partial charge in [0.15, 0.2) is 16.7 Å². The molecule has 0 radical (unpaired) electrons. The summed E-state index contributed by atoms with van der Waals surface area (Å²) in [5.41, 5.74) is 0.857. The molecular weight excluding hydrogens is 416 g/mol. The van der Waals surface area contributed by atoms with Gasteiger partial charge in [-0.2, -0.15) is 0 Å². The van der Waals surface area contributed by atoms with Gasteiger partial charge in [-0.25, -0.2) is 0 Å². The summed E-state index contributed by atoms with van der Waals surface area (Å²) in [6.45, 7) is 11.6. The van der Waals surface area contributed by atoms with Gasteiger partial charge in [-0.1, -0.05) is 12.7 Å². The van der Waals surface area contributed by atoms with Gasteiger partial charge in [0.1, 0.15) is 6.61 Å². The molecule has 140 valence electrons. The van der Waals surface area contributed by atoms with Gasteiger partial charge in [0.25, 0.3) is 5.91 Å². The van der Waals surface area contributed by atoms with Crippen molar-refractivity contribution in [2.24, 2.45) is 4.99 Å². The third-order valence-electron chi connectivity index (χ3n) is 3.47. The molecule has 1 aliphatic rings. The van der Waals surface area contributed by atoms with Crippen molar-refractivity contribution in [1.29, 1.82) is 0 Å². The maximum absolute atomic E-state index is 12.6. The molecule has 1 amide bonds. The van der Waals surface area contributed by atoms with Gasteiger partial charge in [-0.3, -0.25) is 14.7 Å². The maximum Gasteiger partial charge on any atom is 0.266 e. The fourth-order valence-electron chi connectivity index (χ4n) is 2.41. The van der Waals surface area contributed by atoms with Gasteiger partial charge >= 0.3 is 0 Å². The first-order chi connectivity index (χ1) is 12.5. The lowest BCUT2D eigenvalue weighted by Gasteiger charge is -2.14. The lowest BCUT2D eigenvalue weighted by Crippen LogP contribution is -2.28. The fourth-order valence-corrected chi connectivity index (χ4v) is 4.09. The molecule has 7 heteroatoms. The number of carbonyl (C=O) groups excluding carboxylic acids is 1. The standard InChI is InChI=1S/C19H23BrN2O3S/c1-5-9-25-17-14(20)10-13(11-15(17)24-8-4)12-16-18(23)22(7-3)19(26-16)21-6-2/h5,10-12H,1,6-9H2,2-4H3/b16-12-,21-19?. The molecule has 1 aliphatic heterocycles. The molecule has 0 aliphatic carbocycles. The van der Waals surface area contributed by atoms with Crippen molar-refractivity contribution in [3.05, 3.63) is 39.7 Å². The van der Waals surface area contributed by atoms with Gasteiger partial charge < -0.3 is 9.47 Å². The first-order valence-corrected chi connectivity index (χ1v) is 10.1. The van der Waals surface area contributed by atoms with Crippen molar-refractivity contribution in [2.75, 3.05) is 26.3 Å². The Labute approximate surface area is 167 Å². The van der Waals surface area contributed by atoms with Crippen LogP contribution in [0.15, 0.2) is 39.2 Å². The minimum atomic E-state index is -0.0224. The van der Waals surface area contributed by atoms with E-state index in [-0.39, 0.29) is 5.91 Å². The molecule has 0 unspecified atom stereocenters. The number of thioether (sulfide) groups is 1. The number of halogens is 1. The summed E-state index contributed by atoms with van der Waals surface area (Å²) in [6.07, 6.45) is 3.54. The lowest BCUT2D eigenvalue weighted by molar-refractivity contribution is -0.122. The summed E-state index contributed by atoms with van der Waals surface area (Å²) in [4.78, 5) is 19.4. The first kappa shape index (κ1) is 20.6. The topological polar surface area (TPSA) is 51.1 Å². The van der Waals surface area contributed by atoms with Crippen molar-refractivity contribution in [3.63, 3.8) is 0 Å². The number of hydrogen-bond acceptors (Lipinski definition) is 5. The number of amides is 1. The zero-order valence-corrected chi connectivity index (χ0v) is 17.7. The summed E-state index contributed by atoms with van der Waals surface area (Å²) in [5, 5.41) is 0.751. The molecule has 26 heavy (non-hydrogen) atoms. The molecule has 1 heterocycles. The van der Waals surface area contributed by atoms with Crippen LogP contribution in [0.2, 0.25) is 0 Å². The number of aliphatic imine (C=N–C) groups is 1. The van der Waals surface area contributed by atoms with E-state index in [4.69, 9.17) is 9.47 Å². The zero-order chi connectivity index (χ0) is 19.1. The monoisotopic (exact) mass is 438 g/mol. The Hall–Kier alpha value is -1.73. The highest BCUT2D eigenvalue weighted by molar-refractivity contribution is 9.10. The van der Waals surface area contributed by atoms with E-state index in [1.165, 1.54) is 11.8 Å². The van der Waals surface area contributed by atoms with Crippen LogP contribution in [0.4, 0.5) is 0 Å². The summed E-state index contributed by atoms with van der Waals surface area (Å²) in [7, 11) is 0. The number of hydrogen-bond donors (Lipinski definition) is 0. The van der Waals surface area contributed by atoms with E-state index < -0.39 is 0 Å². The second kappa shape index (κ2) is 9.83.